The van der Waals surface area contributed by atoms with Gasteiger partial charge < -0.3 is 9.47 Å². The molecule has 0 bridgehead atoms. The molecule has 0 aliphatic heterocycles. The number of hydrogen-bond donors (Lipinski definition) is 2. The summed E-state index contributed by atoms with van der Waals surface area (Å²) in [4.78, 5) is 23.3. The Morgan fingerprint density at radius 1 is 0.909 bits per heavy atom. The van der Waals surface area contributed by atoms with Crippen molar-refractivity contribution >= 4 is 23.6 Å². The molecule has 6 nitrogen and oxygen atoms in total. The number of ether oxygens (including phenoxy) is 2. The van der Waals surface area contributed by atoms with Crippen molar-refractivity contribution in [3.8, 4) is 5.75 Å². The average Bonchev–Trinajstić information content (AvgIpc) is 2.50. The smallest absolute Gasteiger partial charge is 0.417 e. The van der Waals surface area contributed by atoms with Crippen LogP contribution >= 0.6 is 0 Å². The number of carbonyl (C=O) groups is 2. The van der Waals surface area contributed by atoms with Crippen LogP contribution in [0.4, 0.5) is 21.0 Å². The molecule has 0 saturated carbocycles. The lowest BCUT2D eigenvalue weighted by atomic mass is 10.3. The van der Waals surface area contributed by atoms with E-state index in [1.165, 1.54) is 0 Å². The molecule has 0 aromatic heterocycles. The van der Waals surface area contributed by atoms with E-state index in [1.54, 1.807) is 55.5 Å². The number of para-hydroxylation sites is 3. The topological polar surface area (TPSA) is 76.7 Å². The second-order valence-corrected chi connectivity index (χ2v) is 4.22. The van der Waals surface area contributed by atoms with Crippen LogP contribution in [0.3, 0.4) is 0 Å². The molecule has 2 amide bonds. The average molecular weight is 300 g/mol. The lowest BCUT2D eigenvalue weighted by Gasteiger charge is -2.11. The molecule has 114 valence electrons. The number of benzene rings is 2. The number of amides is 2. The fraction of sp³-hybridized carbons (Fsp3) is 0.125. The van der Waals surface area contributed by atoms with E-state index in [0.29, 0.717) is 11.4 Å². The van der Waals surface area contributed by atoms with E-state index in [-0.39, 0.29) is 12.4 Å². The minimum atomic E-state index is -0.649. The number of carbonyl (C=O) groups excluding carboxylic acids is 2. The van der Waals surface area contributed by atoms with Gasteiger partial charge in [0.15, 0.2) is 5.75 Å². The van der Waals surface area contributed by atoms with E-state index in [0.717, 1.165) is 0 Å². The SMILES string of the molecule is CCOC(=O)Nc1ccccc1OC(=O)Nc1ccccc1. The van der Waals surface area contributed by atoms with Crippen LogP contribution in [0.1, 0.15) is 6.92 Å². The highest BCUT2D eigenvalue weighted by Crippen LogP contribution is 2.24. The molecule has 0 aliphatic rings. The minimum absolute atomic E-state index is 0.226. The summed E-state index contributed by atoms with van der Waals surface area (Å²) in [5.41, 5.74) is 0.965. The lowest BCUT2D eigenvalue weighted by Crippen LogP contribution is -2.19. The Kier molecular flexibility index (Phi) is 5.37. The van der Waals surface area contributed by atoms with Gasteiger partial charge in [0.05, 0.1) is 12.3 Å². The van der Waals surface area contributed by atoms with Crippen molar-refractivity contribution in [3.63, 3.8) is 0 Å². The molecule has 0 fully saturated rings. The van der Waals surface area contributed by atoms with Gasteiger partial charge in [0.2, 0.25) is 0 Å². The van der Waals surface area contributed by atoms with E-state index in [1.807, 2.05) is 6.07 Å². The molecule has 6 heteroatoms. The third-order valence-electron chi connectivity index (χ3n) is 2.62. The Morgan fingerprint density at radius 3 is 2.32 bits per heavy atom. The normalized spacial score (nSPS) is 9.68. The third kappa shape index (κ3) is 4.52. The van der Waals surface area contributed by atoms with Gasteiger partial charge in [-0.15, -0.1) is 0 Å². The number of anilines is 2. The molecular weight excluding hydrogens is 284 g/mol. The van der Waals surface area contributed by atoms with Gasteiger partial charge in [0, 0.05) is 5.69 Å². The van der Waals surface area contributed by atoms with Crippen molar-refractivity contribution in [3.05, 3.63) is 54.6 Å². The molecule has 2 aromatic rings. The Hall–Kier alpha value is -3.02. The first-order chi connectivity index (χ1) is 10.7. The van der Waals surface area contributed by atoms with Crippen LogP contribution in [-0.2, 0) is 4.74 Å². The largest absolute Gasteiger partial charge is 0.450 e. The molecule has 22 heavy (non-hydrogen) atoms. The van der Waals surface area contributed by atoms with Crippen LogP contribution in [0, 0.1) is 0 Å². The van der Waals surface area contributed by atoms with Gasteiger partial charge in [0.25, 0.3) is 0 Å². The Labute approximate surface area is 128 Å². The highest BCUT2D eigenvalue weighted by atomic mass is 16.6. The van der Waals surface area contributed by atoms with Gasteiger partial charge in [-0.05, 0) is 31.2 Å². The molecule has 2 N–H and O–H groups in total. The van der Waals surface area contributed by atoms with E-state index in [2.05, 4.69) is 10.6 Å². The van der Waals surface area contributed by atoms with Gasteiger partial charge in [-0.2, -0.15) is 0 Å². The number of nitrogens with one attached hydrogen (secondary N) is 2. The highest BCUT2D eigenvalue weighted by Gasteiger charge is 2.11. The van der Waals surface area contributed by atoms with Crippen LogP contribution in [0.25, 0.3) is 0 Å². The number of hydrogen-bond acceptors (Lipinski definition) is 4. The zero-order chi connectivity index (χ0) is 15.8. The van der Waals surface area contributed by atoms with Gasteiger partial charge in [-0.1, -0.05) is 30.3 Å². The standard InChI is InChI=1S/C16H16N2O4/c1-2-21-15(19)18-13-10-6-7-11-14(13)22-16(20)17-12-8-4-3-5-9-12/h3-11H,2H2,1H3,(H,17,20)(H,18,19). The summed E-state index contributed by atoms with van der Waals surface area (Å²) in [6, 6.07) is 15.5. The summed E-state index contributed by atoms with van der Waals surface area (Å²) in [6.45, 7) is 1.96. The molecule has 0 saturated heterocycles. The molecule has 0 atom stereocenters. The Morgan fingerprint density at radius 2 is 1.59 bits per heavy atom. The van der Waals surface area contributed by atoms with E-state index in [4.69, 9.17) is 9.47 Å². The number of rotatable bonds is 4. The second-order valence-electron chi connectivity index (χ2n) is 4.22. The van der Waals surface area contributed by atoms with Gasteiger partial charge in [0.1, 0.15) is 0 Å². The van der Waals surface area contributed by atoms with E-state index < -0.39 is 12.2 Å². The predicted octanol–water partition coefficient (Wildman–Crippen LogP) is 3.87. The van der Waals surface area contributed by atoms with Crippen LogP contribution in [-0.4, -0.2) is 18.8 Å². The molecule has 0 heterocycles. The highest BCUT2D eigenvalue weighted by molar-refractivity contribution is 5.90. The molecular formula is C16H16N2O4. The zero-order valence-corrected chi connectivity index (χ0v) is 12.0. The molecule has 2 aromatic carbocycles. The Balaban J connectivity index is 2.03. The lowest BCUT2D eigenvalue weighted by molar-refractivity contribution is 0.167. The fourth-order valence-electron chi connectivity index (χ4n) is 1.70. The summed E-state index contributed by atoms with van der Waals surface area (Å²) >= 11 is 0. The van der Waals surface area contributed by atoms with Crippen LogP contribution < -0.4 is 15.4 Å². The first-order valence-corrected chi connectivity index (χ1v) is 6.75. The van der Waals surface area contributed by atoms with Crippen LogP contribution in [0.2, 0.25) is 0 Å². The minimum Gasteiger partial charge on any atom is -0.450 e. The van der Waals surface area contributed by atoms with Crippen molar-refractivity contribution in [2.24, 2.45) is 0 Å². The summed E-state index contributed by atoms with van der Waals surface area (Å²) in [6.07, 6.45) is -1.26. The second kappa shape index (κ2) is 7.68. The molecule has 0 radical (unpaired) electrons. The maximum Gasteiger partial charge on any atom is 0.417 e. The first kappa shape index (κ1) is 15.4. The van der Waals surface area contributed by atoms with Crippen molar-refractivity contribution in [1.82, 2.24) is 0 Å². The Bertz CT molecular complexity index is 644. The van der Waals surface area contributed by atoms with Crippen LogP contribution in [0.5, 0.6) is 5.75 Å². The van der Waals surface area contributed by atoms with Gasteiger partial charge in [-0.3, -0.25) is 10.6 Å². The zero-order valence-electron chi connectivity index (χ0n) is 12.0. The van der Waals surface area contributed by atoms with Crippen LogP contribution in [0.15, 0.2) is 54.6 Å². The molecule has 0 aliphatic carbocycles. The summed E-state index contributed by atoms with van der Waals surface area (Å²) in [7, 11) is 0. The van der Waals surface area contributed by atoms with Crippen molar-refractivity contribution in [2.45, 2.75) is 6.92 Å². The molecule has 2 rings (SSSR count). The van der Waals surface area contributed by atoms with Gasteiger partial charge >= 0.3 is 12.2 Å². The van der Waals surface area contributed by atoms with Crippen molar-refractivity contribution < 1.29 is 19.1 Å². The summed E-state index contributed by atoms with van der Waals surface area (Å²) in [5, 5.41) is 5.11. The molecule has 0 spiro atoms. The monoisotopic (exact) mass is 300 g/mol. The quantitative estimate of drug-likeness (QED) is 0.898. The first-order valence-electron chi connectivity index (χ1n) is 6.75. The van der Waals surface area contributed by atoms with E-state index in [9.17, 15) is 9.59 Å². The predicted molar refractivity (Wildman–Crippen MR) is 83.2 cm³/mol. The van der Waals surface area contributed by atoms with Crippen molar-refractivity contribution in [2.75, 3.05) is 17.2 Å². The van der Waals surface area contributed by atoms with Crippen molar-refractivity contribution in [1.29, 1.82) is 0 Å². The summed E-state index contributed by atoms with van der Waals surface area (Å²) in [5.74, 6) is 0.226. The van der Waals surface area contributed by atoms with E-state index >= 15 is 0 Å². The maximum absolute atomic E-state index is 11.9. The summed E-state index contributed by atoms with van der Waals surface area (Å²) < 4.78 is 10.0. The fourth-order valence-corrected chi connectivity index (χ4v) is 1.70. The third-order valence-corrected chi connectivity index (χ3v) is 2.62. The van der Waals surface area contributed by atoms with Gasteiger partial charge in [-0.25, -0.2) is 9.59 Å². The maximum atomic E-state index is 11.9. The molecule has 0 unspecified atom stereocenters.